The molecule has 215 valence electrons. The zero-order chi connectivity index (χ0) is 28.8. The predicted molar refractivity (Wildman–Crippen MR) is 148 cm³/mol. The Bertz CT molecular complexity index is 1390. The molecule has 4 aliphatic rings. The maximum Gasteiger partial charge on any atom is 0.249 e. The lowest BCUT2D eigenvalue weighted by atomic mass is 9.81. The normalized spacial score (nSPS) is 26.1. The molecule has 2 aromatic rings. The molecular formula is C29H31N4O7S. The highest BCUT2D eigenvalue weighted by atomic mass is 32.1. The number of nitrogen functional groups attached to an aromatic ring is 1. The second kappa shape index (κ2) is 11.0. The van der Waals surface area contributed by atoms with Gasteiger partial charge in [-0.2, -0.15) is 0 Å². The highest BCUT2D eigenvalue weighted by Crippen LogP contribution is 2.37. The number of carbonyl (C=O) groups excluding carboxylic acids is 5. The summed E-state index contributed by atoms with van der Waals surface area (Å²) in [4.78, 5) is 70.1. The summed E-state index contributed by atoms with van der Waals surface area (Å²) in [5.41, 5.74) is 13.1. The van der Waals surface area contributed by atoms with Crippen LogP contribution in [0.25, 0.3) is 0 Å². The summed E-state index contributed by atoms with van der Waals surface area (Å²) in [6.07, 6.45) is 0.448. The first kappa shape index (κ1) is 27.6. The van der Waals surface area contributed by atoms with Crippen molar-refractivity contribution >= 4 is 46.3 Å². The van der Waals surface area contributed by atoms with Gasteiger partial charge in [0.05, 0.1) is 29.6 Å². The Balaban J connectivity index is 1.40. The van der Waals surface area contributed by atoms with Gasteiger partial charge in [-0.15, -0.1) is 11.3 Å². The Morgan fingerprint density at radius 3 is 2.17 bits per heavy atom. The minimum atomic E-state index is -1.01. The molecule has 4 aliphatic heterocycles. The van der Waals surface area contributed by atoms with Crippen molar-refractivity contribution in [3.63, 3.8) is 0 Å². The van der Waals surface area contributed by atoms with Gasteiger partial charge in [0.1, 0.15) is 25.3 Å². The van der Waals surface area contributed by atoms with E-state index in [1.807, 2.05) is 0 Å². The quantitative estimate of drug-likeness (QED) is 0.428. The van der Waals surface area contributed by atoms with Crippen LogP contribution in [0.15, 0.2) is 35.7 Å². The SMILES string of the molecule is NC(=O)c1ccsc1CC([C](Cc1ccc(N)cc1)C(=O)N1CCC2OCC(=O)C21)C(=O)N1CCC2OCC(=O)C21. The number of ether oxygens (including phenoxy) is 2. The number of thiophene rings is 1. The standard InChI is InChI=1S/C29H31N4O7S/c30-16-3-1-15(2-4-16)11-18(28(37)32-8-5-22-25(32)20(34)13-39-22)19(12-24-17(27(31)36)7-10-41-24)29(38)33-9-6-23-26(33)21(35)14-40-23/h1-4,7,10,19,22-23,25-26H,5-6,8-9,11-14,30H2,(H2,31,36). The maximum absolute atomic E-state index is 14.4. The summed E-state index contributed by atoms with van der Waals surface area (Å²) >= 11 is 1.28. The molecule has 12 heteroatoms. The zero-order valence-electron chi connectivity index (χ0n) is 22.3. The number of nitrogens with two attached hydrogens (primary N) is 2. The van der Waals surface area contributed by atoms with Gasteiger partial charge >= 0.3 is 0 Å². The Kier molecular flexibility index (Phi) is 7.39. The minimum absolute atomic E-state index is 0.0418. The Labute approximate surface area is 240 Å². The van der Waals surface area contributed by atoms with Crippen LogP contribution in [0.2, 0.25) is 0 Å². The van der Waals surface area contributed by atoms with E-state index in [1.165, 1.54) is 21.1 Å². The van der Waals surface area contributed by atoms with Gasteiger partial charge in [0, 0.05) is 23.7 Å². The van der Waals surface area contributed by atoms with Gasteiger partial charge in [-0.3, -0.25) is 24.0 Å². The van der Waals surface area contributed by atoms with E-state index in [2.05, 4.69) is 0 Å². The number of ketones is 2. The number of rotatable bonds is 8. The van der Waals surface area contributed by atoms with Gasteiger partial charge in [0.25, 0.3) is 0 Å². The molecule has 6 rings (SSSR count). The summed E-state index contributed by atoms with van der Waals surface area (Å²) in [5, 5.41) is 1.72. The van der Waals surface area contributed by atoms with Crippen molar-refractivity contribution in [2.24, 2.45) is 11.7 Å². The van der Waals surface area contributed by atoms with Gasteiger partial charge in [-0.25, -0.2) is 0 Å². The summed E-state index contributed by atoms with van der Waals surface area (Å²) in [6, 6.07) is 7.21. The largest absolute Gasteiger partial charge is 0.399 e. The van der Waals surface area contributed by atoms with Crippen LogP contribution in [-0.2, 0) is 41.5 Å². The number of primary amides is 1. The van der Waals surface area contributed by atoms with Crippen molar-refractivity contribution in [1.29, 1.82) is 0 Å². The molecule has 5 unspecified atom stereocenters. The van der Waals surface area contributed by atoms with Crippen LogP contribution in [-0.4, -0.2) is 89.7 Å². The number of amides is 3. The van der Waals surface area contributed by atoms with Crippen molar-refractivity contribution in [1.82, 2.24) is 9.80 Å². The fraction of sp³-hybridized carbons (Fsp3) is 0.448. The molecular weight excluding hydrogens is 548 g/mol. The van der Waals surface area contributed by atoms with E-state index in [0.717, 1.165) is 5.56 Å². The number of hydrogen-bond acceptors (Lipinski definition) is 9. The van der Waals surface area contributed by atoms with Gasteiger partial charge in [0.15, 0.2) is 11.6 Å². The zero-order valence-corrected chi connectivity index (χ0v) is 23.1. The van der Waals surface area contributed by atoms with Gasteiger partial charge < -0.3 is 30.7 Å². The van der Waals surface area contributed by atoms with Crippen molar-refractivity contribution in [3.05, 3.63) is 57.6 Å². The molecule has 1 aromatic heterocycles. The van der Waals surface area contributed by atoms with Crippen LogP contribution < -0.4 is 11.5 Å². The number of hydrogen-bond donors (Lipinski definition) is 2. The van der Waals surface area contributed by atoms with E-state index in [1.54, 1.807) is 35.7 Å². The Hall–Kier alpha value is -3.61. The second-order valence-corrected chi connectivity index (χ2v) is 12.0. The lowest BCUT2D eigenvalue weighted by Crippen LogP contribution is -2.51. The van der Waals surface area contributed by atoms with Crippen molar-refractivity contribution in [2.45, 2.75) is 50.0 Å². The molecule has 5 atom stereocenters. The highest BCUT2D eigenvalue weighted by Gasteiger charge is 2.52. The third kappa shape index (κ3) is 5.04. The number of Topliss-reactive ketones (excluding diaryl/α,β-unsaturated/α-hetero) is 2. The Morgan fingerprint density at radius 1 is 0.927 bits per heavy atom. The van der Waals surface area contributed by atoms with E-state index >= 15 is 0 Å². The van der Waals surface area contributed by atoms with Crippen molar-refractivity contribution in [2.75, 3.05) is 32.0 Å². The average molecular weight is 580 g/mol. The molecule has 0 bridgehead atoms. The number of benzene rings is 1. The fourth-order valence-electron chi connectivity index (χ4n) is 6.51. The molecule has 0 saturated carbocycles. The van der Waals surface area contributed by atoms with Crippen LogP contribution in [0, 0.1) is 11.8 Å². The highest BCUT2D eigenvalue weighted by molar-refractivity contribution is 7.10. The first-order valence-corrected chi connectivity index (χ1v) is 14.6. The van der Waals surface area contributed by atoms with E-state index in [4.69, 9.17) is 20.9 Å². The molecule has 3 amide bonds. The van der Waals surface area contributed by atoms with E-state index in [-0.39, 0.29) is 67.2 Å². The molecule has 1 radical (unpaired) electrons. The van der Waals surface area contributed by atoms with Crippen LogP contribution >= 0.6 is 11.3 Å². The fourth-order valence-corrected chi connectivity index (χ4v) is 7.44. The molecule has 1 aromatic carbocycles. The lowest BCUT2D eigenvalue weighted by Gasteiger charge is -2.34. The summed E-state index contributed by atoms with van der Waals surface area (Å²) in [6.45, 7) is 0.525. The smallest absolute Gasteiger partial charge is 0.249 e. The van der Waals surface area contributed by atoms with Gasteiger partial charge in [-0.05, 0) is 54.8 Å². The number of carbonyl (C=O) groups is 5. The van der Waals surface area contributed by atoms with Crippen LogP contribution in [0.5, 0.6) is 0 Å². The molecule has 0 spiro atoms. The number of nitrogens with zero attached hydrogens (tertiary/aromatic N) is 2. The summed E-state index contributed by atoms with van der Waals surface area (Å²) in [5.74, 6) is -2.50. The Morgan fingerprint density at radius 2 is 1.54 bits per heavy atom. The second-order valence-electron chi connectivity index (χ2n) is 11.0. The molecule has 5 heterocycles. The number of likely N-dealkylation sites (tertiary alicyclic amines) is 2. The summed E-state index contributed by atoms with van der Waals surface area (Å²) < 4.78 is 11.2. The first-order valence-electron chi connectivity index (χ1n) is 13.7. The number of fused-ring (bicyclic) bond motifs is 2. The predicted octanol–water partition coefficient (Wildman–Crippen LogP) is 0.543. The molecule has 41 heavy (non-hydrogen) atoms. The minimum Gasteiger partial charge on any atom is -0.399 e. The first-order chi connectivity index (χ1) is 19.7. The van der Waals surface area contributed by atoms with Crippen LogP contribution in [0.3, 0.4) is 0 Å². The lowest BCUT2D eigenvalue weighted by molar-refractivity contribution is -0.143. The third-order valence-electron chi connectivity index (χ3n) is 8.54. The molecule has 4 N–H and O–H groups in total. The van der Waals surface area contributed by atoms with Crippen LogP contribution in [0.4, 0.5) is 5.69 Å². The monoisotopic (exact) mass is 579 g/mol. The molecule has 0 aliphatic carbocycles. The van der Waals surface area contributed by atoms with Gasteiger partial charge in [0.2, 0.25) is 17.7 Å². The van der Waals surface area contributed by atoms with Crippen molar-refractivity contribution < 1.29 is 33.4 Å². The summed E-state index contributed by atoms with van der Waals surface area (Å²) in [7, 11) is 0. The van der Waals surface area contributed by atoms with E-state index in [9.17, 15) is 24.0 Å². The molecule has 4 saturated heterocycles. The third-order valence-corrected chi connectivity index (χ3v) is 9.48. The average Bonchev–Trinajstić information content (AvgIpc) is 3.77. The molecule has 11 nitrogen and oxygen atoms in total. The van der Waals surface area contributed by atoms with E-state index < -0.39 is 29.8 Å². The maximum atomic E-state index is 14.4. The van der Waals surface area contributed by atoms with E-state index in [0.29, 0.717) is 36.5 Å². The van der Waals surface area contributed by atoms with Crippen LogP contribution in [0.1, 0.15) is 33.6 Å². The molecule has 4 fully saturated rings. The topological polar surface area (TPSA) is 162 Å². The van der Waals surface area contributed by atoms with Crippen molar-refractivity contribution in [3.8, 4) is 0 Å². The number of anilines is 1. The van der Waals surface area contributed by atoms with Gasteiger partial charge in [-0.1, -0.05) is 12.1 Å².